The Morgan fingerprint density at radius 2 is 1.65 bits per heavy atom. The van der Waals surface area contributed by atoms with Gasteiger partial charge in [0.2, 0.25) is 0 Å². The van der Waals surface area contributed by atoms with Crippen LogP contribution in [0.4, 0.5) is 13.2 Å². The van der Waals surface area contributed by atoms with Crippen molar-refractivity contribution in [2.24, 2.45) is 11.8 Å². The molecule has 2 atom stereocenters. The van der Waals surface area contributed by atoms with Crippen LogP contribution < -0.4 is 0 Å². The van der Waals surface area contributed by atoms with Crippen molar-refractivity contribution in [3.63, 3.8) is 0 Å². The van der Waals surface area contributed by atoms with Gasteiger partial charge >= 0.3 is 15.6 Å². The third-order valence-electron chi connectivity index (χ3n) is 3.50. The topological polar surface area (TPSA) is 43.4 Å². The van der Waals surface area contributed by atoms with Crippen molar-refractivity contribution in [3.05, 3.63) is 0 Å². The van der Waals surface area contributed by atoms with E-state index in [1.807, 2.05) is 0 Å². The van der Waals surface area contributed by atoms with E-state index in [0.717, 1.165) is 25.7 Å². The maximum Gasteiger partial charge on any atom is 0.523 e. The molecule has 0 bridgehead atoms. The van der Waals surface area contributed by atoms with Crippen LogP contribution in [0.2, 0.25) is 0 Å². The van der Waals surface area contributed by atoms with Gasteiger partial charge in [-0.05, 0) is 43.9 Å². The molecule has 0 saturated heterocycles. The zero-order valence-electron chi connectivity index (χ0n) is 9.24. The van der Waals surface area contributed by atoms with E-state index in [9.17, 15) is 21.6 Å². The lowest BCUT2D eigenvalue weighted by molar-refractivity contribution is -0.0594. The Kier molecular flexibility index (Phi) is 3.42. The summed E-state index contributed by atoms with van der Waals surface area (Å²) in [5.41, 5.74) is -5.31. The monoisotopic (exact) mass is 272 g/mol. The highest BCUT2D eigenvalue weighted by molar-refractivity contribution is 7.87. The summed E-state index contributed by atoms with van der Waals surface area (Å²) in [4.78, 5) is 0. The Hall–Kier alpha value is -0.300. The highest BCUT2D eigenvalue weighted by atomic mass is 32.2. The Labute approximate surface area is 98.5 Å². The van der Waals surface area contributed by atoms with Gasteiger partial charge in [0.1, 0.15) is 0 Å². The highest BCUT2D eigenvalue weighted by Crippen LogP contribution is 2.45. The van der Waals surface area contributed by atoms with Gasteiger partial charge in [-0.25, -0.2) is 0 Å². The van der Waals surface area contributed by atoms with Crippen LogP contribution in [0.25, 0.3) is 0 Å². The second kappa shape index (κ2) is 4.42. The number of alkyl halides is 3. The molecule has 2 fully saturated rings. The maximum atomic E-state index is 12.1. The van der Waals surface area contributed by atoms with Gasteiger partial charge in [0, 0.05) is 0 Å². The molecule has 2 aliphatic rings. The van der Waals surface area contributed by atoms with E-state index in [1.54, 1.807) is 0 Å². The van der Waals surface area contributed by atoms with Gasteiger partial charge in [0.25, 0.3) is 0 Å². The molecular weight excluding hydrogens is 257 g/mol. The van der Waals surface area contributed by atoms with Gasteiger partial charge in [0.15, 0.2) is 0 Å². The highest BCUT2D eigenvalue weighted by Gasteiger charge is 2.49. The van der Waals surface area contributed by atoms with Gasteiger partial charge in [-0.15, -0.1) is 0 Å². The van der Waals surface area contributed by atoms with Gasteiger partial charge in [-0.3, -0.25) is 4.18 Å². The van der Waals surface area contributed by atoms with Crippen LogP contribution >= 0.6 is 0 Å². The third-order valence-corrected chi connectivity index (χ3v) is 4.59. The molecule has 0 aromatic heterocycles. The summed E-state index contributed by atoms with van der Waals surface area (Å²) in [7, 11) is -5.43. The summed E-state index contributed by atoms with van der Waals surface area (Å²) in [5.74, 6) is 0.923. The van der Waals surface area contributed by atoms with Crippen molar-refractivity contribution in [2.75, 3.05) is 0 Å². The van der Waals surface area contributed by atoms with Gasteiger partial charge < -0.3 is 0 Å². The minimum absolute atomic E-state index is 0.345. The minimum Gasteiger partial charge on any atom is -0.260 e. The normalized spacial score (nSPS) is 31.5. The standard InChI is InChI=1S/C10H15F3O3S/c11-10(12,13)17(14,15)16-9-3-1-2-8(6-9)7-4-5-7/h7-9H,1-6H2. The molecule has 0 radical (unpaired) electrons. The van der Waals surface area contributed by atoms with E-state index in [-0.39, 0.29) is 0 Å². The molecule has 7 heteroatoms. The van der Waals surface area contributed by atoms with Crippen molar-refractivity contribution in [1.82, 2.24) is 0 Å². The summed E-state index contributed by atoms with van der Waals surface area (Å²) >= 11 is 0. The average Bonchev–Trinajstić information content (AvgIpc) is 2.98. The van der Waals surface area contributed by atoms with Crippen molar-refractivity contribution in [2.45, 2.75) is 50.1 Å². The zero-order chi connectivity index (χ0) is 12.7. The van der Waals surface area contributed by atoms with Crippen LogP contribution in [0.15, 0.2) is 0 Å². The molecule has 0 aliphatic heterocycles. The molecule has 0 aromatic rings. The van der Waals surface area contributed by atoms with E-state index >= 15 is 0 Å². The van der Waals surface area contributed by atoms with E-state index < -0.39 is 21.7 Å². The molecule has 2 saturated carbocycles. The molecule has 3 nitrogen and oxygen atoms in total. The first-order valence-electron chi connectivity index (χ1n) is 5.79. The second-order valence-electron chi connectivity index (χ2n) is 4.88. The quantitative estimate of drug-likeness (QED) is 0.586. The van der Waals surface area contributed by atoms with Crippen LogP contribution in [0.3, 0.4) is 0 Å². The summed E-state index contributed by atoms with van der Waals surface area (Å²) in [6.45, 7) is 0. The summed E-state index contributed by atoms with van der Waals surface area (Å²) < 4.78 is 62.5. The van der Waals surface area contributed by atoms with Crippen LogP contribution in [0.1, 0.15) is 38.5 Å². The van der Waals surface area contributed by atoms with Crippen molar-refractivity contribution in [1.29, 1.82) is 0 Å². The van der Waals surface area contributed by atoms with Crippen LogP contribution in [0, 0.1) is 11.8 Å². The fourth-order valence-electron chi connectivity index (χ4n) is 2.50. The number of halogens is 3. The smallest absolute Gasteiger partial charge is 0.260 e. The van der Waals surface area contributed by atoms with Crippen LogP contribution in [-0.2, 0) is 14.3 Å². The van der Waals surface area contributed by atoms with Gasteiger partial charge in [0.05, 0.1) is 6.10 Å². The lowest BCUT2D eigenvalue weighted by atomic mass is 9.84. The van der Waals surface area contributed by atoms with E-state index in [1.165, 1.54) is 0 Å². The first-order chi connectivity index (χ1) is 7.79. The first kappa shape index (κ1) is 13.1. The van der Waals surface area contributed by atoms with E-state index in [4.69, 9.17) is 0 Å². The molecule has 0 amide bonds. The van der Waals surface area contributed by atoms with Gasteiger partial charge in [-0.1, -0.05) is 6.42 Å². The largest absolute Gasteiger partial charge is 0.523 e. The van der Waals surface area contributed by atoms with E-state index in [0.29, 0.717) is 24.7 Å². The average molecular weight is 272 g/mol. The Balaban J connectivity index is 1.94. The fourth-order valence-corrected chi connectivity index (χ4v) is 3.14. The first-order valence-corrected chi connectivity index (χ1v) is 7.20. The minimum atomic E-state index is -5.43. The maximum absolute atomic E-state index is 12.1. The molecular formula is C10H15F3O3S. The summed E-state index contributed by atoms with van der Waals surface area (Å²) in [6, 6.07) is 0. The summed E-state index contributed by atoms with van der Waals surface area (Å²) in [6.07, 6.45) is 4.02. The lowest BCUT2D eigenvalue weighted by Gasteiger charge is -2.28. The second-order valence-corrected chi connectivity index (χ2v) is 6.45. The lowest BCUT2D eigenvalue weighted by Crippen LogP contribution is -2.33. The molecule has 2 unspecified atom stereocenters. The fraction of sp³-hybridized carbons (Fsp3) is 1.00. The Morgan fingerprint density at radius 3 is 2.18 bits per heavy atom. The molecule has 0 spiro atoms. The number of hydrogen-bond acceptors (Lipinski definition) is 3. The molecule has 17 heavy (non-hydrogen) atoms. The SMILES string of the molecule is O=S(=O)(OC1CCCC(C2CC2)C1)C(F)(F)F. The number of rotatable bonds is 3. The molecule has 0 aromatic carbocycles. The Bertz CT molecular complexity index is 373. The van der Waals surface area contributed by atoms with Crippen LogP contribution in [-0.4, -0.2) is 20.0 Å². The zero-order valence-corrected chi connectivity index (χ0v) is 10.1. The molecule has 2 aliphatic carbocycles. The molecule has 0 heterocycles. The van der Waals surface area contributed by atoms with E-state index in [2.05, 4.69) is 4.18 Å². The predicted molar refractivity (Wildman–Crippen MR) is 54.5 cm³/mol. The van der Waals surface area contributed by atoms with Crippen molar-refractivity contribution < 1.29 is 25.8 Å². The third kappa shape index (κ3) is 3.13. The molecule has 0 N–H and O–H groups in total. The van der Waals surface area contributed by atoms with Crippen molar-refractivity contribution in [3.8, 4) is 0 Å². The van der Waals surface area contributed by atoms with Gasteiger partial charge in [-0.2, -0.15) is 21.6 Å². The summed E-state index contributed by atoms with van der Waals surface area (Å²) in [5, 5.41) is 0. The molecule has 100 valence electrons. The predicted octanol–water partition coefficient (Wildman–Crippen LogP) is 2.82. The number of hydrogen-bond donors (Lipinski definition) is 0. The van der Waals surface area contributed by atoms with Crippen LogP contribution in [0.5, 0.6) is 0 Å². The van der Waals surface area contributed by atoms with Crippen molar-refractivity contribution >= 4 is 10.1 Å². The molecule has 2 rings (SSSR count). The Morgan fingerprint density at radius 1 is 1.00 bits per heavy atom.